The van der Waals surface area contributed by atoms with Gasteiger partial charge in [0.1, 0.15) is 11.0 Å². The third kappa shape index (κ3) is 4.98. The Balaban J connectivity index is 1.04. The maximum atomic E-state index is 6.23. The predicted molar refractivity (Wildman–Crippen MR) is 218 cm³/mol. The van der Waals surface area contributed by atoms with Crippen LogP contribution < -0.4 is 0 Å². The maximum Gasteiger partial charge on any atom is 0.227 e. The zero-order chi connectivity index (χ0) is 36.3. The number of rotatable bonds is 6. The van der Waals surface area contributed by atoms with Crippen LogP contribution in [0.15, 0.2) is 197 Å². The Morgan fingerprint density at radius 1 is 0.382 bits per heavy atom. The van der Waals surface area contributed by atoms with Crippen molar-refractivity contribution in [2.24, 2.45) is 0 Å². The van der Waals surface area contributed by atoms with Gasteiger partial charge < -0.3 is 8.83 Å². The standard InChI is InChI=1S/C50H31N3O2/c1-3-13-37(14-4-1)50(38-15-5-2-6-16-38)41-18-8-7-17-39(41)40-25-23-32(30-42(40)50)43-26-24-33(31-51-43)34-27-35(48-52-44-19-9-11-21-46(44)54-48)29-36(28-34)49-53-45-20-10-12-22-47(45)55-49/h1-31H. The van der Waals surface area contributed by atoms with Gasteiger partial charge in [0.2, 0.25) is 11.8 Å². The summed E-state index contributed by atoms with van der Waals surface area (Å²) >= 11 is 0. The second-order valence-electron chi connectivity index (χ2n) is 14.0. The lowest BCUT2D eigenvalue weighted by atomic mass is 9.67. The van der Waals surface area contributed by atoms with Gasteiger partial charge in [-0.25, -0.2) is 9.97 Å². The highest BCUT2D eigenvalue weighted by molar-refractivity contribution is 5.88. The summed E-state index contributed by atoms with van der Waals surface area (Å²) in [5, 5.41) is 0. The van der Waals surface area contributed by atoms with E-state index in [4.69, 9.17) is 23.8 Å². The van der Waals surface area contributed by atoms with E-state index in [0.717, 1.165) is 55.7 Å². The highest BCUT2D eigenvalue weighted by Crippen LogP contribution is 2.56. The van der Waals surface area contributed by atoms with E-state index in [0.29, 0.717) is 11.8 Å². The summed E-state index contributed by atoms with van der Waals surface area (Å²) in [6, 6.07) is 63.4. The third-order valence-electron chi connectivity index (χ3n) is 10.9. The molecule has 0 aliphatic heterocycles. The molecule has 0 bridgehead atoms. The van der Waals surface area contributed by atoms with Gasteiger partial charge in [-0.1, -0.05) is 127 Å². The maximum absolute atomic E-state index is 6.23. The molecule has 1 aliphatic carbocycles. The van der Waals surface area contributed by atoms with E-state index in [1.807, 2.05) is 60.8 Å². The molecule has 0 spiro atoms. The van der Waals surface area contributed by atoms with E-state index in [2.05, 4.69) is 127 Å². The lowest BCUT2D eigenvalue weighted by molar-refractivity contribution is 0.617. The van der Waals surface area contributed by atoms with E-state index in [-0.39, 0.29) is 0 Å². The van der Waals surface area contributed by atoms with Crippen LogP contribution in [-0.2, 0) is 5.41 Å². The van der Waals surface area contributed by atoms with E-state index < -0.39 is 5.41 Å². The van der Waals surface area contributed by atoms with Crippen LogP contribution in [0.2, 0.25) is 0 Å². The molecule has 55 heavy (non-hydrogen) atoms. The number of para-hydroxylation sites is 4. The molecule has 10 aromatic rings. The third-order valence-corrected chi connectivity index (χ3v) is 10.9. The average molecular weight is 706 g/mol. The molecule has 3 heterocycles. The van der Waals surface area contributed by atoms with Crippen LogP contribution in [0.3, 0.4) is 0 Å². The number of nitrogens with zero attached hydrogens (tertiary/aromatic N) is 3. The topological polar surface area (TPSA) is 65.0 Å². The largest absolute Gasteiger partial charge is 0.436 e. The molecular weight excluding hydrogens is 675 g/mol. The molecule has 0 fully saturated rings. The fraction of sp³-hybridized carbons (Fsp3) is 0.0200. The predicted octanol–water partition coefficient (Wildman–Crippen LogP) is 12.4. The van der Waals surface area contributed by atoms with Crippen molar-refractivity contribution in [3.05, 3.63) is 210 Å². The van der Waals surface area contributed by atoms with Crippen LogP contribution >= 0.6 is 0 Å². The van der Waals surface area contributed by atoms with Crippen LogP contribution in [0.4, 0.5) is 0 Å². The Hall–Kier alpha value is -7.37. The van der Waals surface area contributed by atoms with E-state index in [1.165, 1.54) is 33.4 Å². The summed E-state index contributed by atoms with van der Waals surface area (Å²) in [7, 11) is 0. The summed E-state index contributed by atoms with van der Waals surface area (Å²) in [6.07, 6.45) is 1.94. The lowest BCUT2D eigenvalue weighted by Crippen LogP contribution is -2.28. The molecule has 5 heteroatoms. The number of oxazole rings is 2. The molecule has 258 valence electrons. The fourth-order valence-electron chi connectivity index (χ4n) is 8.37. The molecule has 1 aliphatic rings. The minimum Gasteiger partial charge on any atom is -0.436 e. The molecular formula is C50H31N3O2. The zero-order valence-electron chi connectivity index (χ0n) is 29.6. The van der Waals surface area contributed by atoms with Crippen LogP contribution in [0.1, 0.15) is 22.3 Å². The Bertz CT molecular complexity index is 2840. The molecule has 0 N–H and O–H groups in total. The van der Waals surface area contributed by atoms with Crippen molar-refractivity contribution >= 4 is 22.2 Å². The number of hydrogen-bond acceptors (Lipinski definition) is 5. The summed E-state index contributed by atoms with van der Waals surface area (Å²) in [6.45, 7) is 0. The molecule has 7 aromatic carbocycles. The molecule has 0 atom stereocenters. The zero-order valence-corrected chi connectivity index (χ0v) is 29.6. The molecule has 11 rings (SSSR count). The Morgan fingerprint density at radius 2 is 0.909 bits per heavy atom. The summed E-state index contributed by atoms with van der Waals surface area (Å²) in [5.74, 6) is 1.06. The first-order valence-corrected chi connectivity index (χ1v) is 18.4. The van der Waals surface area contributed by atoms with Crippen molar-refractivity contribution in [1.29, 1.82) is 0 Å². The lowest BCUT2D eigenvalue weighted by Gasteiger charge is -2.34. The number of aromatic nitrogens is 3. The molecule has 5 nitrogen and oxygen atoms in total. The second kappa shape index (κ2) is 12.4. The van der Waals surface area contributed by atoms with Crippen LogP contribution in [0.25, 0.3) is 78.6 Å². The SMILES string of the molecule is c1ccc(C2(c3ccccc3)c3ccccc3-c3ccc(-c4ccc(-c5cc(-c6nc7ccccc7o6)cc(-c6nc7ccccc7o6)c5)cn4)cc32)cc1. The minimum atomic E-state index is -0.476. The van der Waals surface area contributed by atoms with Gasteiger partial charge in [0, 0.05) is 28.5 Å². The summed E-state index contributed by atoms with van der Waals surface area (Å²) < 4.78 is 12.5. The van der Waals surface area contributed by atoms with Crippen LogP contribution in [0, 0.1) is 0 Å². The number of pyridine rings is 1. The normalized spacial score (nSPS) is 12.9. The monoisotopic (exact) mass is 705 g/mol. The van der Waals surface area contributed by atoms with Crippen LogP contribution in [0.5, 0.6) is 0 Å². The summed E-state index contributed by atoms with van der Waals surface area (Å²) in [4.78, 5) is 14.7. The Morgan fingerprint density at radius 3 is 1.51 bits per heavy atom. The second-order valence-corrected chi connectivity index (χ2v) is 14.0. The van der Waals surface area contributed by atoms with Crippen molar-refractivity contribution in [3.63, 3.8) is 0 Å². The van der Waals surface area contributed by atoms with Gasteiger partial charge in [-0.05, 0) is 93.5 Å². The van der Waals surface area contributed by atoms with Crippen molar-refractivity contribution in [1.82, 2.24) is 15.0 Å². The smallest absolute Gasteiger partial charge is 0.227 e. The van der Waals surface area contributed by atoms with E-state index >= 15 is 0 Å². The van der Waals surface area contributed by atoms with E-state index in [9.17, 15) is 0 Å². The van der Waals surface area contributed by atoms with Crippen LogP contribution in [-0.4, -0.2) is 15.0 Å². The van der Waals surface area contributed by atoms with E-state index in [1.54, 1.807) is 0 Å². The molecule has 0 unspecified atom stereocenters. The first-order chi connectivity index (χ1) is 27.2. The molecule has 3 aromatic heterocycles. The molecule has 0 radical (unpaired) electrons. The quantitative estimate of drug-likeness (QED) is 0.172. The highest BCUT2D eigenvalue weighted by atomic mass is 16.4. The van der Waals surface area contributed by atoms with Gasteiger partial charge in [-0.15, -0.1) is 0 Å². The number of hydrogen-bond donors (Lipinski definition) is 0. The van der Waals surface area contributed by atoms with Crippen molar-refractivity contribution in [2.75, 3.05) is 0 Å². The Kier molecular flexibility index (Phi) is 7.01. The molecule has 0 saturated carbocycles. The highest BCUT2D eigenvalue weighted by Gasteiger charge is 2.46. The number of fused-ring (bicyclic) bond motifs is 5. The van der Waals surface area contributed by atoms with Gasteiger partial charge in [0.15, 0.2) is 11.2 Å². The first-order valence-electron chi connectivity index (χ1n) is 18.4. The van der Waals surface area contributed by atoms with Crippen molar-refractivity contribution < 1.29 is 8.83 Å². The first kappa shape index (κ1) is 31.2. The van der Waals surface area contributed by atoms with Gasteiger partial charge in [0.25, 0.3) is 0 Å². The number of benzene rings is 7. The fourth-order valence-corrected chi connectivity index (χ4v) is 8.37. The molecule has 0 amide bonds. The van der Waals surface area contributed by atoms with Gasteiger partial charge >= 0.3 is 0 Å². The van der Waals surface area contributed by atoms with Gasteiger partial charge in [-0.3, -0.25) is 4.98 Å². The van der Waals surface area contributed by atoms with Crippen molar-refractivity contribution in [2.45, 2.75) is 5.41 Å². The Labute approximate surface area is 317 Å². The summed E-state index contributed by atoms with van der Waals surface area (Å²) in [5.41, 5.74) is 15.6. The molecule has 0 saturated heterocycles. The van der Waals surface area contributed by atoms with Gasteiger partial charge in [0.05, 0.1) is 11.1 Å². The van der Waals surface area contributed by atoms with Gasteiger partial charge in [-0.2, -0.15) is 0 Å². The van der Waals surface area contributed by atoms with Crippen molar-refractivity contribution in [3.8, 4) is 56.4 Å². The average Bonchev–Trinajstić information content (AvgIpc) is 3.97. The minimum absolute atomic E-state index is 0.476.